The summed E-state index contributed by atoms with van der Waals surface area (Å²) in [5.41, 5.74) is 0.990. The standard InChI is InChI=1S/C17H25N5O3S/c1-12(2)16-19-17(25-20-16)13(3)21-8-10-22(11-9-21)14-4-6-15(7-5-14)26(18,23)24/h4-7,12-13H,8-11H2,1-3H3,(H2,18,23,24). The highest BCUT2D eigenvalue weighted by molar-refractivity contribution is 7.89. The average Bonchev–Trinajstić information content (AvgIpc) is 3.11. The van der Waals surface area contributed by atoms with Gasteiger partial charge in [0, 0.05) is 37.8 Å². The second-order valence-electron chi connectivity index (χ2n) is 6.88. The van der Waals surface area contributed by atoms with E-state index in [0.717, 1.165) is 37.7 Å². The van der Waals surface area contributed by atoms with Gasteiger partial charge in [-0.25, -0.2) is 13.6 Å². The summed E-state index contributed by atoms with van der Waals surface area (Å²) < 4.78 is 28.1. The van der Waals surface area contributed by atoms with Gasteiger partial charge < -0.3 is 9.42 Å². The summed E-state index contributed by atoms with van der Waals surface area (Å²) in [6.45, 7) is 9.55. The molecule has 1 aliphatic rings. The number of primary sulfonamides is 1. The van der Waals surface area contributed by atoms with Crippen LogP contribution in [-0.4, -0.2) is 49.6 Å². The largest absolute Gasteiger partial charge is 0.369 e. The summed E-state index contributed by atoms with van der Waals surface area (Å²) in [5.74, 6) is 1.64. The fourth-order valence-electron chi connectivity index (χ4n) is 3.02. The molecule has 0 amide bonds. The number of nitrogens with two attached hydrogens (primary N) is 1. The maximum absolute atomic E-state index is 11.4. The monoisotopic (exact) mass is 379 g/mol. The van der Waals surface area contributed by atoms with Gasteiger partial charge in [0.1, 0.15) is 0 Å². The van der Waals surface area contributed by atoms with Crippen molar-refractivity contribution in [2.45, 2.75) is 37.6 Å². The highest BCUT2D eigenvalue weighted by Crippen LogP contribution is 2.24. The molecule has 8 nitrogen and oxygen atoms in total. The number of nitrogens with zero attached hydrogens (tertiary/aromatic N) is 4. The summed E-state index contributed by atoms with van der Waals surface area (Å²) in [4.78, 5) is 9.16. The molecular formula is C17H25N5O3S. The van der Waals surface area contributed by atoms with E-state index in [0.29, 0.717) is 5.89 Å². The molecule has 1 atom stereocenters. The van der Waals surface area contributed by atoms with Crippen molar-refractivity contribution in [1.82, 2.24) is 15.0 Å². The first kappa shape index (κ1) is 18.8. The molecule has 0 bridgehead atoms. The molecule has 9 heteroatoms. The summed E-state index contributed by atoms with van der Waals surface area (Å²) in [5, 5.41) is 9.18. The van der Waals surface area contributed by atoms with Crippen molar-refractivity contribution in [3.05, 3.63) is 36.0 Å². The minimum absolute atomic E-state index is 0.0712. The number of benzene rings is 1. The van der Waals surface area contributed by atoms with Crippen molar-refractivity contribution in [2.75, 3.05) is 31.1 Å². The summed E-state index contributed by atoms with van der Waals surface area (Å²) in [6, 6.07) is 6.76. The smallest absolute Gasteiger partial charge is 0.243 e. The molecule has 1 fully saturated rings. The molecule has 0 saturated carbocycles. The van der Waals surface area contributed by atoms with Crippen LogP contribution in [-0.2, 0) is 10.0 Å². The Kier molecular flexibility index (Phi) is 5.31. The van der Waals surface area contributed by atoms with Gasteiger partial charge >= 0.3 is 0 Å². The zero-order valence-corrected chi connectivity index (χ0v) is 16.1. The minimum Gasteiger partial charge on any atom is -0.369 e. The Balaban J connectivity index is 1.61. The Morgan fingerprint density at radius 3 is 2.19 bits per heavy atom. The molecule has 0 aliphatic carbocycles. The SMILES string of the molecule is CC(C)c1noc(C(C)N2CCN(c3ccc(S(N)(=O)=O)cc3)CC2)n1. The Bertz CT molecular complexity index is 840. The first-order chi connectivity index (χ1) is 12.3. The van der Waals surface area contributed by atoms with Crippen LogP contribution >= 0.6 is 0 Å². The Hall–Kier alpha value is -1.97. The predicted molar refractivity (Wildman–Crippen MR) is 98.4 cm³/mol. The van der Waals surface area contributed by atoms with E-state index in [-0.39, 0.29) is 16.9 Å². The van der Waals surface area contributed by atoms with Crippen molar-refractivity contribution in [3.63, 3.8) is 0 Å². The van der Waals surface area contributed by atoms with Crippen LogP contribution in [0.1, 0.15) is 44.4 Å². The van der Waals surface area contributed by atoms with E-state index in [1.807, 2.05) is 13.8 Å². The molecule has 2 N–H and O–H groups in total. The maximum Gasteiger partial charge on any atom is 0.243 e. The molecule has 3 rings (SSSR count). The highest BCUT2D eigenvalue weighted by Gasteiger charge is 2.26. The predicted octanol–water partition coefficient (Wildman–Crippen LogP) is 1.72. The van der Waals surface area contributed by atoms with Crippen LogP contribution in [0.15, 0.2) is 33.7 Å². The Labute approximate surface area is 154 Å². The van der Waals surface area contributed by atoms with Gasteiger partial charge in [-0.1, -0.05) is 19.0 Å². The number of hydrogen-bond acceptors (Lipinski definition) is 7. The van der Waals surface area contributed by atoms with Gasteiger partial charge in [0.05, 0.1) is 10.9 Å². The number of aromatic nitrogens is 2. The number of rotatable bonds is 5. The van der Waals surface area contributed by atoms with Gasteiger partial charge in [0.25, 0.3) is 0 Å². The lowest BCUT2D eigenvalue weighted by atomic mass is 10.2. The van der Waals surface area contributed by atoms with Crippen LogP contribution in [0, 0.1) is 0 Å². The van der Waals surface area contributed by atoms with E-state index in [2.05, 4.69) is 26.9 Å². The molecule has 1 aliphatic heterocycles. The van der Waals surface area contributed by atoms with Crippen molar-refractivity contribution in [3.8, 4) is 0 Å². The van der Waals surface area contributed by atoms with E-state index in [4.69, 9.17) is 9.66 Å². The summed E-state index contributed by atoms with van der Waals surface area (Å²) in [6.07, 6.45) is 0. The number of hydrogen-bond donors (Lipinski definition) is 1. The molecule has 2 heterocycles. The number of sulfonamides is 1. The zero-order chi connectivity index (χ0) is 18.9. The van der Waals surface area contributed by atoms with Gasteiger partial charge in [0.2, 0.25) is 15.9 Å². The fraction of sp³-hybridized carbons (Fsp3) is 0.529. The maximum atomic E-state index is 11.4. The summed E-state index contributed by atoms with van der Waals surface area (Å²) in [7, 11) is -3.66. The molecule has 142 valence electrons. The third kappa shape index (κ3) is 4.05. The quantitative estimate of drug-likeness (QED) is 0.843. The normalized spacial score (nSPS) is 17.7. The molecule has 0 radical (unpaired) electrons. The second kappa shape index (κ2) is 7.34. The van der Waals surface area contributed by atoms with Crippen LogP contribution in [0.2, 0.25) is 0 Å². The highest BCUT2D eigenvalue weighted by atomic mass is 32.2. The van der Waals surface area contributed by atoms with E-state index in [1.54, 1.807) is 24.3 Å². The van der Waals surface area contributed by atoms with Crippen LogP contribution < -0.4 is 10.0 Å². The van der Waals surface area contributed by atoms with Crippen molar-refractivity contribution in [2.24, 2.45) is 5.14 Å². The number of piperazine rings is 1. The Morgan fingerprint density at radius 2 is 1.69 bits per heavy atom. The van der Waals surface area contributed by atoms with Crippen molar-refractivity contribution < 1.29 is 12.9 Å². The van der Waals surface area contributed by atoms with E-state index in [9.17, 15) is 8.42 Å². The van der Waals surface area contributed by atoms with Gasteiger partial charge in [-0.15, -0.1) is 0 Å². The van der Waals surface area contributed by atoms with E-state index >= 15 is 0 Å². The number of anilines is 1. The van der Waals surface area contributed by atoms with Gasteiger partial charge in [0.15, 0.2) is 5.82 Å². The molecule has 1 aromatic heterocycles. The third-order valence-corrected chi connectivity index (χ3v) is 5.65. The lowest BCUT2D eigenvalue weighted by Gasteiger charge is -2.38. The zero-order valence-electron chi connectivity index (χ0n) is 15.3. The van der Waals surface area contributed by atoms with Crippen molar-refractivity contribution in [1.29, 1.82) is 0 Å². The van der Waals surface area contributed by atoms with Crippen LogP contribution in [0.4, 0.5) is 5.69 Å². The second-order valence-corrected chi connectivity index (χ2v) is 8.44. The first-order valence-corrected chi connectivity index (χ1v) is 10.3. The fourth-order valence-corrected chi connectivity index (χ4v) is 3.54. The van der Waals surface area contributed by atoms with Crippen LogP contribution in [0.3, 0.4) is 0 Å². The van der Waals surface area contributed by atoms with Gasteiger partial charge in [-0.05, 0) is 31.2 Å². The topological polar surface area (TPSA) is 106 Å². The third-order valence-electron chi connectivity index (χ3n) is 4.72. The van der Waals surface area contributed by atoms with E-state index in [1.165, 1.54) is 0 Å². The van der Waals surface area contributed by atoms with E-state index < -0.39 is 10.0 Å². The molecule has 1 saturated heterocycles. The molecule has 1 aromatic carbocycles. The first-order valence-electron chi connectivity index (χ1n) is 8.71. The molecular weight excluding hydrogens is 354 g/mol. The molecule has 0 spiro atoms. The average molecular weight is 379 g/mol. The Morgan fingerprint density at radius 1 is 1.08 bits per heavy atom. The molecule has 26 heavy (non-hydrogen) atoms. The molecule has 2 aromatic rings. The van der Waals surface area contributed by atoms with Gasteiger partial charge in [-0.2, -0.15) is 4.98 Å². The molecule has 1 unspecified atom stereocenters. The van der Waals surface area contributed by atoms with Gasteiger partial charge in [-0.3, -0.25) is 4.90 Å². The lowest BCUT2D eigenvalue weighted by Crippen LogP contribution is -2.47. The van der Waals surface area contributed by atoms with Crippen LogP contribution in [0.5, 0.6) is 0 Å². The minimum atomic E-state index is -3.66. The van der Waals surface area contributed by atoms with Crippen LogP contribution in [0.25, 0.3) is 0 Å². The van der Waals surface area contributed by atoms with Crippen molar-refractivity contribution >= 4 is 15.7 Å². The lowest BCUT2D eigenvalue weighted by molar-refractivity contribution is 0.164. The summed E-state index contributed by atoms with van der Waals surface area (Å²) >= 11 is 0.